The number of halogens is 4. The second-order valence-corrected chi connectivity index (χ2v) is 4.59. The SMILES string of the molecule is [2H]C([2H])(c1ccc(Cl)nc1)N(CC(F)F)C1=C(Cl)C(=O)OC1. The van der Waals surface area contributed by atoms with Crippen LogP contribution in [0.25, 0.3) is 0 Å². The van der Waals surface area contributed by atoms with E-state index in [0.29, 0.717) is 4.90 Å². The first-order valence-electron chi connectivity index (χ1n) is 6.47. The van der Waals surface area contributed by atoms with Crippen LogP contribution in [0, 0.1) is 0 Å². The van der Waals surface area contributed by atoms with Crippen LogP contribution in [0.2, 0.25) is 5.15 Å². The van der Waals surface area contributed by atoms with Crippen molar-refractivity contribution in [2.75, 3.05) is 13.2 Å². The predicted octanol–water partition coefficient (Wildman–Crippen LogP) is 2.81. The molecule has 2 rings (SSSR count). The highest BCUT2D eigenvalue weighted by molar-refractivity contribution is 6.42. The first-order chi connectivity index (χ1) is 10.2. The van der Waals surface area contributed by atoms with Gasteiger partial charge in [-0.05, 0) is 11.6 Å². The van der Waals surface area contributed by atoms with Crippen molar-refractivity contribution in [3.8, 4) is 0 Å². The third kappa shape index (κ3) is 3.58. The van der Waals surface area contributed by atoms with Crippen LogP contribution in [-0.4, -0.2) is 35.4 Å². The first kappa shape index (κ1) is 12.3. The van der Waals surface area contributed by atoms with Crippen molar-refractivity contribution in [3.63, 3.8) is 0 Å². The Hall–Kier alpha value is -1.40. The Bertz CT molecular complexity index is 612. The molecular formula is C12H10Cl2F2N2O2. The van der Waals surface area contributed by atoms with Crippen LogP contribution < -0.4 is 0 Å². The average molecular weight is 325 g/mol. The number of rotatable bonds is 5. The van der Waals surface area contributed by atoms with Crippen LogP contribution in [0.15, 0.2) is 29.1 Å². The summed E-state index contributed by atoms with van der Waals surface area (Å²) in [6, 6.07) is 2.65. The minimum Gasteiger partial charge on any atom is -0.455 e. The molecule has 0 radical (unpaired) electrons. The first-order valence-corrected chi connectivity index (χ1v) is 6.22. The van der Waals surface area contributed by atoms with Crippen molar-refractivity contribution >= 4 is 29.2 Å². The molecule has 20 heavy (non-hydrogen) atoms. The Morgan fingerprint density at radius 2 is 2.25 bits per heavy atom. The zero-order chi connectivity index (χ0) is 16.5. The predicted molar refractivity (Wildman–Crippen MR) is 69.5 cm³/mol. The molecule has 108 valence electrons. The lowest BCUT2D eigenvalue weighted by Gasteiger charge is -2.24. The lowest BCUT2D eigenvalue weighted by atomic mass is 10.2. The Balaban J connectivity index is 2.44. The molecule has 0 saturated heterocycles. The van der Waals surface area contributed by atoms with Crippen LogP contribution >= 0.6 is 23.2 Å². The van der Waals surface area contributed by atoms with E-state index in [2.05, 4.69) is 9.72 Å². The fourth-order valence-electron chi connectivity index (χ4n) is 1.53. The fourth-order valence-corrected chi connectivity index (χ4v) is 1.86. The zero-order valence-electron chi connectivity index (χ0n) is 11.9. The molecule has 0 aliphatic carbocycles. The van der Waals surface area contributed by atoms with Crippen LogP contribution in [0.3, 0.4) is 0 Å². The maximum atomic E-state index is 12.8. The van der Waals surface area contributed by atoms with Gasteiger partial charge in [0, 0.05) is 12.7 Å². The van der Waals surface area contributed by atoms with Gasteiger partial charge in [-0.1, -0.05) is 29.3 Å². The van der Waals surface area contributed by atoms with E-state index in [-0.39, 0.29) is 23.0 Å². The second kappa shape index (κ2) is 6.37. The molecule has 0 spiro atoms. The summed E-state index contributed by atoms with van der Waals surface area (Å²) in [5.41, 5.74) is -0.138. The number of cyclic esters (lactones) is 1. The van der Waals surface area contributed by atoms with Crippen LogP contribution in [0.4, 0.5) is 8.78 Å². The van der Waals surface area contributed by atoms with Gasteiger partial charge in [-0.15, -0.1) is 0 Å². The molecule has 1 aliphatic heterocycles. The van der Waals surface area contributed by atoms with Gasteiger partial charge >= 0.3 is 5.97 Å². The minimum atomic E-state index is -2.84. The number of aromatic nitrogens is 1. The number of carbonyl (C=O) groups excluding carboxylic acids is 1. The maximum absolute atomic E-state index is 12.8. The third-order valence-corrected chi connectivity index (χ3v) is 3.01. The Kier molecular flexibility index (Phi) is 3.93. The lowest BCUT2D eigenvalue weighted by Crippen LogP contribution is -2.29. The molecule has 0 amide bonds. The largest absolute Gasteiger partial charge is 0.455 e. The summed E-state index contributed by atoms with van der Waals surface area (Å²) < 4.78 is 46.6. The van der Waals surface area contributed by atoms with Gasteiger partial charge in [0.1, 0.15) is 16.8 Å². The summed E-state index contributed by atoms with van der Waals surface area (Å²) in [6.45, 7) is -3.71. The molecule has 1 aromatic heterocycles. The van der Waals surface area contributed by atoms with Gasteiger partial charge in [-0.3, -0.25) is 0 Å². The molecule has 0 saturated carbocycles. The Morgan fingerprint density at radius 3 is 2.75 bits per heavy atom. The number of nitrogens with zero attached hydrogens (tertiary/aromatic N) is 2. The number of hydrogen-bond donors (Lipinski definition) is 0. The van der Waals surface area contributed by atoms with E-state index < -0.39 is 30.5 Å². The van der Waals surface area contributed by atoms with Gasteiger partial charge in [-0.25, -0.2) is 18.6 Å². The molecule has 1 aliphatic rings. The summed E-state index contributed by atoms with van der Waals surface area (Å²) in [7, 11) is 0. The summed E-state index contributed by atoms with van der Waals surface area (Å²) in [5, 5.41) is -0.275. The number of alkyl halides is 2. The van der Waals surface area contributed by atoms with E-state index >= 15 is 0 Å². The molecule has 4 nitrogen and oxygen atoms in total. The fraction of sp³-hybridized carbons (Fsp3) is 0.333. The smallest absolute Gasteiger partial charge is 0.352 e. The standard InChI is InChI=1S/C12H10Cl2F2N2O2/c13-9-2-1-7(3-17-9)4-18(5-10(15)16)8-6-20-12(19)11(8)14/h1-3,10H,4-6H2/i4D2. The zero-order valence-corrected chi connectivity index (χ0v) is 11.5. The average Bonchev–Trinajstić information content (AvgIpc) is 2.76. The molecule has 0 atom stereocenters. The van der Waals surface area contributed by atoms with Gasteiger partial charge < -0.3 is 9.64 Å². The summed E-state index contributed by atoms with van der Waals surface area (Å²) in [5.74, 6) is -0.874. The van der Waals surface area contributed by atoms with Crippen molar-refractivity contribution in [2.45, 2.75) is 12.9 Å². The van der Waals surface area contributed by atoms with Gasteiger partial charge in [0.15, 0.2) is 0 Å². The molecule has 2 heterocycles. The monoisotopic (exact) mass is 324 g/mol. The minimum absolute atomic E-state index is 0.00568. The normalized spacial score (nSPS) is 17.1. The summed E-state index contributed by atoms with van der Waals surface area (Å²) >= 11 is 11.4. The second-order valence-electron chi connectivity index (χ2n) is 3.82. The molecule has 1 aromatic rings. The van der Waals surface area contributed by atoms with Crippen LogP contribution in [0.5, 0.6) is 0 Å². The van der Waals surface area contributed by atoms with E-state index in [1.807, 2.05) is 0 Å². The summed E-state index contributed by atoms with van der Waals surface area (Å²) in [4.78, 5) is 15.7. The van der Waals surface area contributed by atoms with Crippen molar-refractivity contribution in [3.05, 3.63) is 39.8 Å². The van der Waals surface area contributed by atoms with Crippen molar-refractivity contribution in [1.82, 2.24) is 9.88 Å². The van der Waals surface area contributed by atoms with Gasteiger partial charge in [0.05, 0.1) is 15.0 Å². The Morgan fingerprint density at radius 1 is 1.50 bits per heavy atom. The maximum Gasteiger partial charge on any atom is 0.352 e. The molecule has 0 aromatic carbocycles. The number of pyridine rings is 1. The van der Waals surface area contributed by atoms with Crippen molar-refractivity contribution in [2.24, 2.45) is 0 Å². The van der Waals surface area contributed by atoms with E-state index in [1.165, 1.54) is 12.1 Å². The third-order valence-electron chi connectivity index (χ3n) is 2.41. The van der Waals surface area contributed by atoms with Gasteiger partial charge in [-0.2, -0.15) is 0 Å². The molecule has 8 heteroatoms. The highest BCUT2D eigenvalue weighted by atomic mass is 35.5. The van der Waals surface area contributed by atoms with E-state index in [4.69, 9.17) is 25.9 Å². The van der Waals surface area contributed by atoms with Gasteiger partial charge in [0.2, 0.25) is 0 Å². The number of ether oxygens (including phenoxy) is 1. The molecule has 0 fully saturated rings. The van der Waals surface area contributed by atoms with Crippen molar-refractivity contribution in [1.29, 1.82) is 0 Å². The van der Waals surface area contributed by atoms with Crippen molar-refractivity contribution < 1.29 is 21.1 Å². The molecule has 0 N–H and O–H groups in total. The molecule has 0 bridgehead atoms. The molecule has 0 unspecified atom stereocenters. The van der Waals surface area contributed by atoms with Crippen LogP contribution in [0.1, 0.15) is 8.30 Å². The van der Waals surface area contributed by atoms with E-state index in [1.54, 1.807) is 0 Å². The number of esters is 1. The lowest BCUT2D eigenvalue weighted by molar-refractivity contribution is -0.135. The van der Waals surface area contributed by atoms with E-state index in [0.717, 1.165) is 6.20 Å². The van der Waals surface area contributed by atoms with Crippen LogP contribution in [-0.2, 0) is 16.0 Å². The van der Waals surface area contributed by atoms with Gasteiger partial charge in [0.25, 0.3) is 6.43 Å². The number of carbonyl (C=O) groups is 1. The summed E-state index contributed by atoms with van der Waals surface area (Å²) in [6.07, 6.45) is -1.71. The molecular weight excluding hydrogens is 313 g/mol. The Labute approximate surface area is 126 Å². The quantitative estimate of drug-likeness (QED) is 0.617. The highest BCUT2D eigenvalue weighted by Gasteiger charge is 2.28. The topological polar surface area (TPSA) is 42.4 Å². The number of hydrogen-bond acceptors (Lipinski definition) is 4. The highest BCUT2D eigenvalue weighted by Crippen LogP contribution is 2.25. The van der Waals surface area contributed by atoms with E-state index in [9.17, 15) is 13.6 Å².